The molecule has 1 saturated carbocycles. The highest BCUT2D eigenvalue weighted by molar-refractivity contribution is 5.67. The quantitative estimate of drug-likeness (QED) is 0.687. The molecule has 0 aromatic carbocycles. The second-order valence-electron chi connectivity index (χ2n) is 4.60. The fourth-order valence-electron chi connectivity index (χ4n) is 2.05. The molecule has 0 aromatic rings. The SMILES string of the molecule is C[C@H](CC[C@H](N)CC(=O)O)C1CCC1. The van der Waals surface area contributed by atoms with Crippen LogP contribution in [0.25, 0.3) is 0 Å². The van der Waals surface area contributed by atoms with Crippen LogP contribution in [0, 0.1) is 11.8 Å². The van der Waals surface area contributed by atoms with Crippen molar-refractivity contribution in [2.24, 2.45) is 17.6 Å². The summed E-state index contributed by atoms with van der Waals surface area (Å²) in [6, 6.07) is -0.157. The molecule has 14 heavy (non-hydrogen) atoms. The zero-order chi connectivity index (χ0) is 10.6. The maximum atomic E-state index is 10.4. The van der Waals surface area contributed by atoms with Gasteiger partial charge in [-0.25, -0.2) is 0 Å². The van der Waals surface area contributed by atoms with Crippen LogP contribution >= 0.6 is 0 Å². The summed E-state index contributed by atoms with van der Waals surface area (Å²) in [5.41, 5.74) is 5.70. The molecular formula is C11H21NO2. The number of carboxylic acids is 1. The summed E-state index contributed by atoms with van der Waals surface area (Å²) in [7, 11) is 0. The Morgan fingerprint density at radius 2 is 2.14 bits per heavy atom. The predicted octanol–water partition coefficient (Wildman–Crippen LogP) is 2.00. The Morgan fingerprint density at radius 3 is 2.57 bits per heavy atom. The number of carboxylic acid groups (broad SMARTS) is 1. The molecule has 1 aliphatic carbocycles. The van der Waals surface area contributed by atoms with Gasteiger partial charge in [0.25, 0.3) is 0 Å². The molecule has 2 atom stereocenters. The molecule has 0 unspecified atom stereocenters. The van der Waals surface area contributed by atoms with Gasteiger partial charge in [-0.2, -0.15) is 0 Å². The Morgan fingerprint density at radius 1 is 1.50 bits per heavy atom. The minimum absolute atomic E-state index is 0.109. The van der Waals surface area contributed by atoms with Crippen LogP contribution in [0.5, 0.6) is 0 Å². The van der Waals surface area contributed by atoms with Crippen LogP contribution in [-0.4, -0.2) is 17.1 Å². The molecule has 0 amide bonds. The Balaban J connectivity index is 2.09. The minimum atomic E-state index is -0.784. The maximum absolute atomic E-state index is 10.4. The lowest BCUT2D eigenvalue weighted by Gasteiger charge is -2.31. The van der Waals surface area contributed by atoms with Crippen molar-refractivity contribution >= 4 is 5.97 Å². The molecule has 0 aromatic heterocycles. The van der Waals surface area contributed by atoms with Crippen LogP contribution in [0.15, 0.2) is 0 Å². The second kappa shape index (κ2) is 5.35. The summed E-state index contributed by atoms with van der Waals surface area (Å²) in [5.74, 6) is 0.824. The molecule has 0 spiro atoms. The Hall–Kier alpha value is -0.570. The van der Waals surface area contributed by atoms with Crippen molar-refractivity contribution in [3.05, 3.63) is 0 Å². The van der Waals surface area contributed by atoms with Crippen LogP contribution in [-0.2, 0) is 4.79 Å². The van der Waals surface area contributed by atoms with E-state index in [-0.39, 0.29) is 12.5 Å². The number of carbonyl (C=O) groups is 1. The number of nitrogens with two attached hydrogens (primary N) is 1. The van der Waals surface area contributed by atoms with Crippen LogP contribution in [0.2, 0.25) is 0 Å². The molecule has 1 aliphatic rings. The highest BCUT2D eigenvalue weighted by atomic mass is 16.4. The van der Waals surface area contributed by atoms with Gasteiger partial charge in [0.2, 0.25) is 0 Å². The lowest BCUT2D eigenvalue weighted by atomic mass is 9.75. The van der Waals surface area contributed by atoms with Crippen LogP contribution in [0.1, 0.15) is 45.4 Å². The highest BCUT2D eigenvalue weighted by Gasteiger charge is 2.24. The first-order chi connectivity index (χ1) is 6.59. The largest absolute Gasteiger partial charge is 0.481 e. The van der Waals surface area contributed by atoms with Gasteiger partial charge < -0.3 is 10.8 Å². The Kier molecular flexibility index (Phi) is 4.39. The van der Waals surface area contributed by atoms with Crippen LogP contribution in [0.3, 0.4) is 0 Å². The van der Waals surface area contributed by atoms with Gasteiger partial charge in [-0.1, -0.05) is 26.2 Å². The van der Waals surface area contributed by atoms with E-state index in [9.17, 15) is 4.79 Å². The molecule has 0 heterocycles. The average Bonchev–Trinajstić information content (AvgIpc) is 1.96. The van der Waals surface area contributed by atoms with E-state index in [4.69, 9.17) is 10.8 Å². The third kappa shape index (κ3) is 3.66. The van der Waals surface area contributed by atoms with Gasteiger partial charge in [0.15, 0.2) is 0 Å². The van der Waals surface area contributed by atoms with E-state index in [1.807, 2.05) is 0 Å². The fourth-order valence-corrected chi connectivity index (χ4v) is 2.05. The van der Waals surface area contributed by atoms with E-state index < -0.39 is 5.97 Å². The minimum Gasteiger partial charge on any atom is -0.481 e. The standard InChI is InChI=1S/C11H21NO2/c1-8(9-3-2-4-9)5-6-10(12)7-11(13)14/h8-10H,2-7,12H2,1H3,(H,13,14)/t8-,10+/m1/s1. The molecule has 0 radical (unpaired) electrons. The zero-order valence-electron chi connectivity index (χ0n) is 8.91. The lowest BCUT2D eigenvalue weighted by Crippen LogP contribution is -2.26. The predicted molar refractivity (Wildman–Crippen MR) is 56.0 cm³/mol. The third-order valence-corrected chi connectivity index (χ3v) is 3.38. The van der Waals surface area contributed by atoms with Crippen molar-refractivity contribution in [3.8, 4) is 0 Å². The number of hydrogen-bond donors (Lipinski definition) is 2. The van der Waals surface area contributed by atoms with Crippen molar-refractivity contribution in [2.45, 2.75) is 51.5 Å². The molecule has 1 rings (SSSR count). The van der Waals surface area contributed by atoms with E-state index >= 15 is 0 Å². The van der Waals surface area contributed by atoms with Crippen LogP contribution < -0.4 is 5.73 Å². The summed E-state index contributed by atoms with van der Waals surface area (Å²) < 4.78 is 0. The molecule has 0 saturated heterocycles. The van der Waals surface area contributed by atoms with Gasteiger partial charge in [0.05, 0.1) is 6.42 Å². The smallest absolute Gasteiger partial charge is 0.304 e. The molecule has 82 valence electrons. The lowest BCUT2D eigenvalue weighted by molar-refractivity contribution is -0.137. The number of rotatable bonds is 6. The Labute approximate surface area is 85.7 Å². The van der Waals surface area contributed by atoms with Crippen molar-refractivity contribution in [1.82, 2.24) is 0 Å². The van der Waals surface area contributed by atoms with Gasteiger partial charge in [0.1, 0.15) is 0 Å². The van der Waals surface area contributed by atoms with E-state index in [2.05, 4.69) is 6.92 Å². The van der Waals surface area contributed by atoms with Gasteiger partial charge in [-0.05, 0) is 24.7 Å². The van der Waals surface area contributed by atoms with Crippen molar-refractivity contribution in [3.63, 3.8) is 0 Å². The number of hydrogen-bond acceptors (Lipinski definition) is 2. The summed E-state index contributed by atoms with van der Waals surface area (Å²) in [5, 5.41) is 8.54. The van der Waals surface area contributed by atoms with Gasteiger partial charge in [0, 0.05) is 6.04 Å². The topological polar surface area (TPSA) is 63.3 Å². The molecule has 3 nitrogen and oxygen atoms in total. The van der Waals surface area contributed by atoms with Crippen LogP contribution in [0.4, 0.5) is 0 Å². The second-order valence-corrected chi connectivity index (χ2v) is 4.60. The van der Waals surface area contributed by atoms with Crippen molar-refractivity contribution in [1.29, 1.82) is 0 Å². The first-order valence-corrected chi connectivity index (χ1v) is 5.57. The average molecular weight is 199 g/mol. The van der Waals surface area contributed by atoms with E-state index in [1.54, 1.807) is 0 Å². The first kappa shape index (κ1) is 11.5. The first-order valence-electron chi connectivity index (χ1n) is 5.57. The van der Waals surface area contributed by atoms with Gasteiger partial charge >= 0.3 is 5.97 Å². The normalized spacial score (nSPS) is 21.3. The molecule has 1 fully saturated rings. The summed E-state index contributed by atoms with van der Waals surface area (Å²) >= 11 is 0. The third-order valence-electron chi connectivity index (χ3n) is 3.38. The molecule has 0 aliphatic heterocycles. The molecule has 0 bridgehead atoms. The summed E-state index contributed by atoms with van der Waals surface area (Å²) in [6.07, 6.45) is 6.13. The van der Waals surface area contributed by atoms with E-state index in [0.29, 0.717) is 0 Å². The Bertz CT molecular complexity index is 190. The summed E-state index contributed by atoms with van der Waals surface area (Å²) in [4.78, 5) is 10.4. The fraction of sp³-hybridized carbons (Fsp3) is 0.909. The summed E-state index contributed by atoms with van der Waals surface area (Å²) in [6.45, 7) is 2.26. The van der Waals surface area contributed by atoms with Gasteiger partial charge in [-0.3, -0.25) is 4.79 Å². The van der Waals surface area contributed by atoms with Crippen molar-refractivity contribution in [2.75, 3.05) is 0 Å². The molecule has 3 N–H and O–H groups in total. The maximum Gasteiger partial charge on any atom is 0.304 e. The van der Waals surface area contributed by atoms with E-state index in [0.717, 1.165) is 24.7 Å². The number of aliphatic carboxylic acids is 1. The zero-order valence-corrected chi connectivity index (χ0v) is 8.91. The monoisotopic (exact) mass is 199 g/mol. The van der Waals surface area contributed by atoms with E-state index in [1.165, 1.54) is 19.3 Å². The highest BCUT2D eigenvalue weighted by Crippen LogP contribution is 2.35. The van der Waals surface area contributed by atoms with Gasteiger partial charge in [-0.15, -0.1) is 0 Å². The molecular weight excluding hydrogens is 178 g/mol. The molecule has 3 heteroatoms. The van der Waals surface area contributed by atoms with Crippen molar-refractivity contribution < 1.29 is 9.90 Å².